The third kappa shape index (κ3) is 3.62. The van der Waals surface area contributed by atoms with Crippen LogP contribution in [0.3, 0.4) is 0 Å². The lowest BCUT2D eigenvalue weighted by atomic mass is 10.3. The molecular formula is C10H16N2O2S. The summed E-state index contributed by atoms with van der Waals surface area (Å²) in [6.07, 6.45) is 0. The maximum atomic E-state index is 10.4. The minimum Gasteiger partial charge on any atom is -0.480 e. The number of aryl methyl sites for hydroxylation is 2. The van der Waals surface area contributed by atoms with Gasteiger partial charge in [-0.2, -0.15) is 0 Å². The fourth-order valence-corrected chi connectivity index (χ4v) is 2.20. The number of hydrogen-bond acceptors (Lipinski definition) is 4. The first-order valence-corrected chi connectivity index (χ1v) is 5.57. The van der Waals surface area contributed by atoms with Gasteiger partial charge in [-0.3, -0.25) is 4.79 Å². The van der Waals surface area contributed by atoms with Crippen molar-refractivity contribution in [3.8, 4) is 0 Å². The smallest absolute Gasteiger partial charge is 0.321 e. The summed E-state index contributed by atoms with van der Waals surface area (Å²) < 4.78 is 0. The first-order valence-electron chi connectivity index (χ1n) is 4.75. The van der Waals surface area contributed by atoms with Gasteiger partial charge in [-0.05, 0) is 25.5 Å². The summed E-state index contributed by atoms with van der Waals surface area (Å²) in [5.41, 5.74) is 6.63. The molecule has 4 nitrogen and oxygen atoms in total. The van der Waals surface area contributed by atoms with Crippen molar-refractivity contribution < 1.29 is 9.90 Å². The summed E-state index contributed by atoms with van der Waals surface area (Å²) in [5.74, 6) is -0.971. The highest BCUT2D eigenvalue weighted by atomic mass is 32.1. The van der Waals surface area contributed by atoms with Gasteiger partial charge < -0.3 is 16.2 Å². The van der Waals surface area contributed by atoms with Gasteiger partial charge >= 0.3 is 5.97 Å². The monoisotopic (exact) mass is 228 g/mol. The molecule has 5 heteroatoms. The second-order valence-corrected chi connectivity index (χ2v) is 4.87. The van der Waals surface area contributed by atoms with Crippen LogP contribution >= 0.6 is 11.3 Å². The van der Waals surface area contributed by atoms with Gasteiger partial charge in [-0.15, -0.1) is 11.3 Å². The number of carbonyl (C=O) groups is 1. The SMILES string of the molecule is Cc1cc(CNCC(N)C(=O)O)sc1C. The van der Waals surface area contributed by atoms with Crippen LogP contribution in [0.15, 0.2) is 6.07 Å². The van der Waals surface area contributed by atoms with Crippen molar-refractivity contribution in [2.45, 2.75) is 26.4 Å². The third-order valence-corrected chi connectivity index (χ3v) is 3.35. The molecule has 0 amide bonds. The first kappa shape index (κ1) is 12.2. The van der Waals surface area contributed by atoms with Gasteiger partial charge in [0.25, 0.3) is 0 Å². The number of thiophene rings is 1. The third-order valence-electron chi connectivity index (χ3n) is 2.20. The standard InChI is InChI=1S/C10H16N2O2S/c1-6-3-8(15-7(6)2)4-12-5-9(11)10(13)14/h3,9,12H,4-5,11H2,1-2H3,(H,13,14). The molecule has 0 aliphatic rings. The lowest BCUT2D eigenvalue weighted by Crippen LogP contribution is -2.39. The van der Waals surface area contributed by atoms with Crippen LogP contribution in [0.1, 0.15) is 15.3 Å². The van der Waals surface area contributed by atoms with E-state index in [0.29, 0.717) is 13.1 Å². The molecule has 0 aliphatic heterocycles. The summed E-state index contributed by atoms with van der Waals surface area (Å²) in [6, 6.07) is 1.28. The van der Waals surface area contributed by atoms with E-state index in [4.69, 9.17) is 10.8 Å². The van der Waals surface area contributed by atoms with E-state index in [-0.39, 0.29) is 0 Å². The Morgan fingerprint density at radius 3 is 2.80 bits per heavy atom. The molecule has 0 radical (unpaired) electrons. The van der Waals surface area contributed by atoms with Crippen molar-refractivity contribution in [2.24, 2.45) is 5.73 Å². The highest BCUT2D eigenvalue weighted by Crippen LogP contribution is 2.19. The van der Waals surface area contributed by atoms with Crippen LogP contribution in [0, 0.1) is 13.8 Å². The molecule has 0 fully saturated rings. The normalized spacial score (nSPS) is 12.7. The van der Waals surface area contributed by atoms with E-state index in [1.165, 1.54) is 15.3 Å². The fourth-order valence-electron chi connectivity index (χ4n) is 1.18. The second-order valence-electron chi connectivity index (χ2n) is 3.53. The predicted octanol–water partition coefficient (Wildman–Crippen LogP) is 0.866. The van der Waals surface area contributed by atoms with E-state index in [1.807, 2.05) is 0 Å². The van der Waals surface area contributed by atoms with Gasteiger partial charge in [-0.1, -0.05) is 0 Å². The molecule has 1 aromatic heterocycles. The molecule has 4 N–H and O–H groups in total. The van der Waals surface area contributed by atoms with Crippen molar-refractivity contribution in [3.05, 3.63) is 21.4 Å². The van der Waals surface area contributed by atoms with Crippen LogP contribution in [0.25, 0.3) is 0 Å². The van der Waals surface area contributed by atoms with Crippen molar-refractivity contribution in [2.75, 3.05) is 6.54 Å². The average Bonchev–Trinajstić information content (AvgIpc) is 2.46. The number of carboxylic acid groups (broad SMARTS) is 1. The Kier molecular flexibility index (Phi) is 4.26. The van der Waals surface area contributed by atoms with Crippen LogP contribution in [0.5, 0.6) is 0 Å². The quantitative estimate of drug-likeness (QED) is 0.699. The number of hydrogen-bond donors (Lipinski definition) is 3. The summed E-state index contributed by atoms with van der Waals surface area (Å²) in [7, 11) is 0. The summed E-state index contributed by atoms with van der Waals surface area (Å²) in [5, 5.41) is 11.6. The number of aliphatic carboxylic acids is 1. The zero-order valence-corrected chi connectivity index (χ0v) is 9.73. The minimum absolute atomic E-state index is 0.297. The Bertz CT molecular complexity index is 330. The van der Waals surface area contributed by atoms with E-state index in [9.17, 15) is 4.79 Å². The molecule has 0 aromatic carbocycles. The maximum Gasteiger partial charge on any atom is 0.321 e. The Labute approximate surface area is 93.1 Å². The van der Waals surface area contributed by atoms with Gasteiger partial charge in [0.1, 0.15) is 6.04 Å². The lowest BCUT2D eigenvalue weighted by molar-refractivity contribution is -0.138. The Morgan fingerprint density at radius 2 is 2.33 bits per heavy atom. The summed E-state index contributed by atoms with van der Waals surface area (Å²) in [4.78, 5) is 12.9. The Morgan fingerprint density at radius 1 is 1.67 bits per heavy atom. The largest absolute Gasteiger partial charge is 0.480 e. The Hall–Kier alpha value is -0.910. The molecule has 0 aliphatic carbocycles. The van der Waals surface area contributed by atoms with Crippen LogP contribution < -0.4 is 11.1 Å². The van der Waals surface area contributed by atoms with Crippen molar-refractivity contribution in [1.29, 1.82) is 0 Å². The molecule has 0 bridgehead atoms. The van der Waals surface area contributed by atoms with Gasteiger partial charge in [0, 0.05) is 22.8 Å². The number of carboxylic acids is 1. The molecule has 1 atom stereocenters. The maximum absolute atomic E-state index is 10.4. The second kappa shape index (κ2) is 5.25. The number of nitrogens with two attached hydrogens (primary N) is 1. The van der Waals surface area contributed by atoms with E-state index in [2.05, 4.69) is 25.2 Å². The van der Waals surface area contributed by atoms with Crippen LogP contribution in [0.2, 0.25) is 0 Å². The van der Waals surface area contributed by atoms with Crippen LogP contribution in [-0.4, -0.2) is 23.7 Å². The van der Waals surface area contributed by atoms with Crippen LogP contribution in [-0.2, 0) is 11.3 Å². The molecule has 1 rings (SSSR count). The zero-order valence-electron chi connectivity index (χ0n) is 8.91. The van der Waals surface area contributed by atoms with Crippen LogP contribution in [0.4, 0.5) is 0 Å². The fraction of sp³-hybridized carbons (Fsp3) is 0.500. The minimum atomic E-state index is -0.971. The molecule has 0 spiro atoms. The molecule has 1 aromatic rings. The lowest BCUT2D eigenvalue weighted by Gasteiger charge is -2.06. The van der Waals surface area contributed by atoms with Gasteiger partial charge in [-0.25, -0.2) is 0 Å². The predicted molar refractivity (Wildman–Crippen MR) is 61.1 cm³/mol. The number of rotatable bonds is 5. The molecule has 0 saturated carbocycles. The van der Waals surface area contributed by atoms with Gasteiger partial charge in [0.15, 0.2) is 0 Å². The van der Waals surface area contributed by atoms with E-state index < -0.39 is 12.0 Å². The van der Waals surface area contributed by atoms with Crippen molar-refractivity contribution in [1.82, 2.24) is 5.32 Å². The molecule has 0 saturated heterocycles. The highest BCUT2D eigenvalue weighted by molar-refractivity contribution is 7.12. The first-order chi connectivity index (χ1) is 7.00. The molecule has 1 heterocycles. The topological polar surface area (TPSA) is 75.3 Å². The number of nitrogens with one attached hydrogen (secondary N) is 1. The van der Waals surface area contributed by atoms with Crippen molar-refractivity contribution in [3.63, 3.8) is 0 Å². The molecule has 15 heavy (non-hydrogen) atoms. The van der Waals surface area contributed by atoms with E-state index in [1.54, 1.807) is 11.3 Å². The Balaban J connectivity index is 2.35. The van der Waals surface area contributed by atoms with E-state index in [0.717, 1.165) is 0 Å². The summed E-state index contributed by atoms with van der Waals surface area (Å²) >= 11 is 1.72. The summed E-state index contributed by atoms with van der Waals surface area (Å²) in [6.45, 7) is 5.12. The molecule has 84 valence electrons. The van der Waals surface area contributed by atoms with Crippen molar-refractivity contribution >= 4 is 17.3 Å². The van der Waals surface area contributed by atoms with E-state index >= 15 is 0 Å². The molecule has 1 unspecified atom stereocenters. The zero-order chi connectivity index (χ0) is 11.4. The highest BCUT2D eigenvalue weighted by Gasteiger charge is 2.10. The van der Waals surface area contributed by atoms with Gasteiger partial charge in [0.05, 0.1) is 0 Å². The average molecular weight is 228 g/mol. The van der Waals surface area contributed by atoms with Gasteiger partial charge in [0.2, 0.25) is 0 Å². The molecular weight excluding hydrogens is 212 g/mol.